The summed E-state index contributed by atoms with van der Waals surface area (Å²) in [4.78, 5) is 31.6. The Kier molecular flexibility index (Phi) is 5.29. The van der Waals surface area contributed by atoms with Crippen molar-refractivity contribution in [1.29, 1.82) is 0 Å². The molecule has 3 aromatic heterocycles. The van der Waals surface area contributed by atoms with Gasteiger partial charge in [-0.1, -0.05) is 0 Å². The van der Waals surface area contributed by atoms with Crippen molar-refractivity contribution in [3.05, 3.63) is 71.6 Å². The number of aromatic nitrogens is 5. The van der Waals surface area contributed by atoms with Gasteiger partial charge < -0.3 is 0 Å². The highest BCUT2D eigenvalue weighted by molar-refractivity contribution is 5.56. The van der Waals surface area contributed by atoms with Crippen LogP contribution in [0.1, 0.15) is 18.4 Å². The van der Waals surface area contributed by atoms with Crippen LogP contribution in [0.4, 0.5) is 0 Å². The maximum absolute atomic E-state index is 12.5. The van der Waals surface area contributed by atoms with Crippen LogP contribution in [0.5, 0.6) is 0 Å². The van der Waals surface area contributed by atoms with E-state index < -0.39 is 0 Å². The van der Waals surface area contributed by atoms with Crippen LogP contribution in [0, 0.1) is 5.92 Å². The molecule has 1 aliphatic heterocycles. The summed E-state index contributed by atoms with van der Waals surface area (Å²) in [6.45, 7) is 3.65. The van der Waals surface area contributed by atoms with Gasteiger partial charge in [0.25, 0.3) is 5.56 Å². The van der Waals surface area contributed by atoms with Crippen LogP contribution in [0.25, 0.3) is 11.3 Å². The highest BCUT2D eigenvalue weighted by atomic mass is 16.1. The van der Waals surface area contributed by atoms with Crippen molar-refractivity contribution in [2.24, 2.45) is 5.92 Å². The summed E-state index contributed by atoms with van der Waals surface area (Å²) < 4.78 is 1.73. The Morgan fingerprint density at radius 1 is 1.07 bits per heavy atom. The molecule has 0 atom stereocenters. The van der Waals surface area contributed by atoms with Crippen LogP contribution in [0.3, 0.4) is 0 Å². The molecule has 0 N–H and O–H groups in total. The van der Waals surface area contributed by atoms with Gasteiger partial charge in [0.05, 0.1) is 12.0 Å². The van der Waals surface area contributed by atoms with Crippen molar-refractivity contribution in [3.63, 3.8) is 0 Å². The molecule has 0 spiro atoms. The second-order valence-corrected chi connectivity index (χ2v) is 6.97. The normalized spacial score (nSPS) is 15.7. The van der Waals surface area contributed by atoms with Gasteiger partial charge in [-0.3, -0.25) is 19.2 Å². The molecule has 138 valence electrons. The van der Waals surface area contributed by atoms with E-state index in [4.69, 9.17) is 0 Å². The molecule has 1 saturated heterocycles. The van der Waals surface area contributed by atoms with Crippen LogP contribution in [-0.4, -0.2) is 42.5 Å². The van der Waals surface area contributed by atoms with Gasteiger partial charge in [0.1, 0.15) is 6.33 Å². The van der Waals surface area contributed by atoms with Gasteiger partial charge in [-0.2, -0.15) is 0 Å². The number of rotatable bonds is 5. The Hall–Kier alpha value is -2.93. The van der Waals surface area contributed by atoms with Crippen molar-refractivity contribution in [2.75, 3.05) is 13.1 Å². The fraction of sp³-hybridized carbons (Fsp3) is 0.350. The molecule has 0 radical (unpaired) electrons. The third-order valence-electron chi connectivity index (χ3n) is 5.02. The lowest BCUT2D eigenvalue weighted by Crippen LogP contribution is -2.36. The van der Waals surface area contributed by atoms with Crippen LogP contribution in [0.2, 0.25) is 0 Å². The highest BCUT2D eigenvalue weighted by Gasteiger charge is 2.20. The van der Waals surface area contributed by atoms with Crippen LogP contribution >= 0.6 is 0 Å². The number of pyridine rings is 1. The topological polar surface area (TPSA) is 76.8 Å². The van der Waals surface area contributed by atoms with Crippen LogP contribution < -0.4 is 5.56 Å². The van der Waals surface area contributed by atoms with E-state index >= 15 is 0 Å². The van der Waals surface area contributed by atoms with Crippen molar-refractivity contribution >= 4 is 0 Å². The maximum atomic E-state index is 12.5. The van der Waals surface area contributed by atoms with Gasteiger partial charge >= 0.3 is 0 Å². The van der Waals surface area contributed by atoms with E-state index in [1.54, 1.807) is 35.7 Å². The molecule has 0 unspecified atom stereocenters. The zero-order valence-electron chi connectivity index (χ0n) is 15.1. The molecule has 4 heterocycles. The quantitative estimate of drug-likeness (QED) is 0.691. The molecule has 3 aromatic rings. The lowest BCUT2D eigenvalue weighted by Gasteiger charge is -2.32. The Bertz CT molecular complexity index is 920. The molecule has 0 saturated carbocycles. The first-order chi connectivity index (χ1) is 13.3. The van der Waals surface area contributed by atoms with E-state index in [9.17, 15) is 4.79 Å². The average molecular weight is 362 g/mol. The van der Waals surface area contributed by atoms with E-state index in [1.165, 1.54) is 0 Å². The van der Waals surface area contributed by atoms with Gasteiger partial charge in [0.15, 0.2) is 0 Å². The molecule has 27 heavy (non-hydrogen) atoms. The zero-order chi connectivity index (χ0) is 18.5. The second-order valence-electron chi connectivity index (χ2n) is 6.97. The minimum Gasteiger partial charge on any atom is -0.299 e. The minimum atomic E-state index is -0.00674. The minimum absolute atomic E-state index is 0.00674. The number of nitrogens with zero attached hydrogens (tertiary/aromatic N) is 6. The Morgan fingerprint density at radius 3 is 2.59 bits per heavy atom. The smallest absolute Gasteiger partial charge is 0.253 e. The standard InChI is InChI=1S/C20H22N6O/c27-20-8-19(18-2-1-5-21-11-18)24-15-26(20)13-16-3-6-25(7-4-16)12-17-9-22-14-23-10-17/h1-2,5,8-11,14-16H,3-4,6-7,12-13H2. The van der Waals surface area contributed by atoms with E-state index in [1.807, 2.05) is 24.5 Å². The van der Waals surface area contributed by atoms with E-state index in [0.717, 1.165) is 50.1 Å². The molecule has 0 bridgehead atoms. The van der Waals surface area contributed by atoms with E-state index in [-0.39, 0.29) is 5.56 Å². The summed E-state index contributed by atoms with van der Waals surface area (Å²) in [6, 6.07) is 5.35. The monoisotopic (exact) mass is 362 g/mol. The molecule has 7 heteroatoms. The summed E-state index contributed by atoms with van der Waals surface area (Å²) in [7, 11) is 0. The molecule has 1 aliphatic rings. The molecule has 0 aliphatic carbocycles. The molecule has 7 nitrogen and oxygen atoms in total. The molecular formula is C20H22N6O. The maximum Gasteiger partial charge on any atom is 0.253 e. The van der Waals surface area contributed by atoms with Crippen molar-refractivity contribution in [1.82, 2.24) is 29.4 Å². The summed E-state index contributed by atoms with van der Waals surface area (Å²) in [6.07, 6.45) is 12.5. The predicted octanol–water partition coefficient (Wildman–Crippen LogP) is 2.01. The number of hydrogen-bond acceptors (Lipinski definition) is 6. The van der Waals surface area contributed by atoms with Crippen molar-refractivity contribution < 1.29 is 0 Å². The first-order valence-electron chi connectivity index (χ1n) is 9.21. The highest BCUT2D eigenvalue weighted by Crippen LogP contribution is 2.20. The fourth-order valence-corrected chi connectivity index (χ4v) is 3.51. The van der Waals surface area contributed by atoms with E-state index in [2.05, 4.69) is 24.8 Å². The van der Waals surface area contributed by atoms with Gasteiger partial charge in [-0.05, 0) is 44.0 Å². The van der Waals surface area contributed by atoms with Gasteiger partial charge in [-0.15, -0.1) is 0 Å². The molecule has 0 aromatic carbocycles. The number of likely N-dealkylation sites (tertiary alicyclic amines) is 1. The summed E-state index contributed by atoms with van der Waals surface area (Å²) in [5.74, 6) is 0.497. The summed E-state index contributed by atoms with van der Waals surface area (Å²) >= 11 is 0. The van der Waals surface area contributed by atoms with Gasteiger partial charge in [0.2, 0.25) is 0 Å². The third kappa shape index (κ3) is 4.43. The predicted molar refractivity (Wildman–Crippen MR) is 102 cm³/mol. The second kappa shape index (κ2) is 8.18. The number of piperidine rings is 1. The summed E-state index contributed by atoms with van der Waals surface area (Å²) in [5.41, 5.74) is 2.67. The van der Waals surface area contributed by atoms with Gasteiger partial charge in [-0.25, -0.2) is 15.0 Å². The lowest BCUT2D eigenvalue weighted by molar-refractivity contribution is 0.166. The average Bonchev–Trinajstić information content (AvgIpc) is 2.72. The Morgan fingerprint density at radius 2 is 1.89 bits per heavy atom. The first kappa shape index (κ1) is 17.5. The van der Waals surface area contributed by atoms with Crippen LogP contribution in [-0.2, 0) is 13.1 Å². The van der Waals surface area contributed by atoms with Crippen molar-refractivity contribution in [3.8, 4) is 11.3 Å². The fourth-order valence-electron chi connectivity index (χ4n) is 3.51. The first-order valence-corrected chi connectivity index (χ1v) is 9.21. The van der Waals surface area contributed by atoms with E-state index in [0.29, 0.717) is 11.6 Å². The SMILES string of the molecule is O=c1cc(-c2cccnc2)ncn1CC1CCN(Cc2cncnc2)CC1. The molecule has 0 amide bonds. The zero-order valence-corrected chi connectivity index (χ0v) is 15.1. The van der Waals surface area contributed by atoms with Gasteiger partial charge in [0, 0.05) is 55.1 Å². The molecular weight excluding hydrogens is 340 g/mol. The largest absolute Gasteiger partial charge is 0.299 e. The molecule has 1 fully saturated rings. The number of hydrogen-bond donors (Lipinski definition) is 0. The summed E-state index contributed by atoms with van der Waals surface area (Å²) in [5, 5.41) is 0. The van der Waals surface area contributed by atoms with Crippen molar-refractivity contribution in [2.45, 2.75) is 25.9 Å². The third-order valence-corrected chi connectivity index (χ3v) is 5.02. The molecule has 4 rings (SSSR count). The van der Waals surface area contributed by atoms with Crippen LogP contribution in [0.15, 0.2) is 60.4 Å². The Labute approximate surface area is 157 Å². The lowest BCUT2D eigenvalue weighted by atomic mass is 9.96. The Balaban J connectivity index is 1.34.